The molecule has 0 saturated heterocycles. The molecule has 0 heterocycles. The number of nitrogen functional groups attached to an aromatic ring is 1. The summed E-state index contributed by atoms with van der Waals surface area (Å²) in [5.74, 6) is -0.0756. The van der Waals surface area contributed by atoms with E-state index in [2.05, 4.69) is 5.32 Å². The van der Waals surface area contributed by atoms with E-state index in [1.807, 2.05) is 18.2 Å². The Morgan fingerprint density at radius 3 is 2.48 bits per heavy atom. The lowest BCUT2D eigenvalue weighted by molar-refractivity contribution is 0.102. The number of benzene rings is 3. The number of rotatable bonds is 2. The van der Waals surface area contributed by atoms with Crippen LogP contribution in [0.1, 0.15) is 10.4 Å². The van der Waals surface area contributed by atoms with E-state index in [9.17, 15) is 9.90 Å². The number of aromatic hydroxyl groups is 1. The van der Waals surface area contributed by atoms with Crippen LogP contribution in [0.3, 0.4) is 0 Å². The summed E-state index contributed by atoms with van der Waals surface area (Å²) in [5, 5.41) is 14.0. The summed E-state index contributed by atoms with van der Waals surface area (Å²) in [6, 6.07) is 17.3. The standard InChI is InChI=1S/C17H14N2O2/c18-15-8-9-16(14-10-12(20)6-7-13(14)15)19-17(21)11-4-2-1-3-5-11/h1-10,20H,18H2,(H,19,21). The monoisotopic (exact) mass is 278 g/mol. The van der Waals surface area contributed by atoms with Gasteiger partial charge in [0.25, 0.3) is 5.91 Å². The summed E-state index contributed by atoms with van der Waals surface area (Å²) in [7, 11) is 0. The summed E-state index contributed by atoms with van der Waals surface area (Å²) >= 11 is 0. The highest BCUT2D eigenvalue weighted by atomic mass is 16.3. The van der Waals surface area contributed by atoms with Crippen molar-refractivity contribution in [1.82, 2.24) is 0 Å². The highest BCUT2D eigenvalue weighted by molar-refractivity contribution is 6.11. The molecule has 0 spiro atoms. The summed E-state index contributed by atoms with van der Waals surface area (Å²) in [6.45, 7) is 0. The van der Waals surface area contributed by atoms with Crippen molar-refractivity contribution < 1.29 is 9.90 Å². The molecule has 0 aliphatic rings. The summed E-state index contributed by atoms with van der Waals surface area (Å²) in [6.07, 6.45) is 0. The van der Waals surface area contributed by atoms with Crippen molar-refractivity contribution in [2.45, 2.75) is 0 Å². The van der Waals surface area contributed by atoms with Gasteiger partial charge in [-0.25, -0.2) is 0 Å². The van der Waals surface area contributed by atoms with Gasteiger partial charge in [0.05, 0.1) is 0 Å². The van der Waals surface area contributed by atoms with E-state index in [1.54, 1.807) is 42.5 Å². The molecule has 0 aliphatic heterocycles. The number of phenolic OH excluding ortho intramolecular Hbond substituents is 1. The van der Waals surface area contributed by atoms with Gasteiger partial charge in [0, 0.05) is 27.7 Å². The van der Waals surface area contributed by atoms with Crippen molar-refractivity contribution in [3.05, 3.63) is 66.2 Å². The van der Waals surface area contributed by atoms with Crippen LogP contribution in [0.4, 0.5) is 11.4 Å². The first-order valence-electron chi connectivity index (χ1n) is 6.53. The number of phenols is 1. The molecule has 0 fully saturated rings. The lowest BCUT2D eigenvalue weighted by Crippen LogP contribution is -2.12. The molecule has 0 saturated carbocycles. The summed E-state index contributed by atoms with van der Waals surface area (Å²) in [5.41, 5.74) is 7.71. The zero-order chi connectivity index (χ0) is 14.8. The lowest BCUT2D eigenvalue weighted by atomic mass is 10.1. The van der Waals surface area contributed by atoms with Gasteiger partial charge in [0.1, 0.15) is 5.75 Å². The Balaban J connectivity index is 2.03. The minimum Gasteiger partial charge on any atom is -0.508 e. The normalized spacial score (nSPS) is 10.5. The fourth-order valence-corrected chi connectivity index (χ4v) is 2.25. The third-order valence-electron chi connectivity index (χ3n) is 3.32. The molecule has 3 aromatic carbocycles. The van der Waals surface area contributed by atoms with Crippen molar-refractivity contribution in [2.24, 2.45) is 0 Å². The number of nitrogens with one attached hydrogen (secondary N) is 1. The maximum atomic E-state index is 12.2. The number of carbonyl (C=O) groups is 1. The number of hydrogen-bond donors (Lipinski definition) is 3. The van der Waals surface area contributed by atoms with Crippen LogP contribution in [0.15, 0.2) is 60.7 Å². The van der Waals surface area contributed by atoms with Gasteiger partial charge in [-0.05, 0) is 42.5 Å². The minimum atomic E-state index is -0.204. The molecule has 4 heteroatoms. The van der Waals surface area contributed by atoms with Crippen LogP contribution in [0.25, 0.3) is 10.8 Å². The number of hydrogen-bond acceptors (Lipinski definition) is 3. The molecule has 3 aromatic rings. The largest absolute Gasteiger partial charge is 0.508 e. The highest BCUT2D eigenvalue weighted by Gasteiger charge is 2.10. The van der Waals surface area contributed by atoms with Gasteiger partial charge in [-0.2, -0.15) is 0 Å². The Morgan fingerprint density at radius 1 is 0.952 bits per heavy atom. The van der Waals surface area contributed by atoms with Gasteiger partial charge in [0.15, 0.2) is 0 Å². The first kappa shape index (κ1) is 13.0. The van der Waals surface area contributed by atoms with Gasteiger partial charge in [-0.3, -0.25) is 4.79 Å². The molecule has 0 aliphatic carbocycles. The first-order chi connectivity index (χ1) is 10.1. The van der Waals surface area contributed by atoms with E-state index in [0.717, 1.165) is 5.39 Å². The van der Waals surface area contributed by atoms with Crippen LogP contribution in [0, 0.1) is 0 Å². The predicted octanol–water partition coefficient (Wildman–Crippen LogP) is 3.38. The molecule has 1 amide bonds. The molecule has 3 rings (SSSR count). The van der Waals surface area contributed by atoms with E-state index >= 15 is 0 Å². The van der Waals surface area contributed by atoms with Crippen LogP contribution < -0.4 is 11.1 Å². The van der Waals surface area contributed by atoms with Gasteiger partial charge in [-0.15, -0.1) is 0 Å². The molecular formula is C17H14N2O2. The fraction of sp³-hybridized carbons (Fsp3) is 0. The van der Waals surface area contributed by atoms with Crippen molar-refractivity contribution >= 4 is 28.1 Å². The number of carbonyl (C=O) groups excluding carboxylic acids is 1. The number of amides is 1. The minimum absolute atomic E-state index is 0.128. The maximum Gasteiger partial charge on any atom is 0.255 e. The van der Waals surface area contributed by atoms with E-state index in [4.69, 9.17) is 5.73 Å². The van der Waals surface area contributed by atoms with E-state index in [1.165, 1.54) is 0 Å². The molecule has 21 heavy (non-hydrogen) atoms. The van der Waals surface area contributed by atoms with Crippen LogP contribution in [-0.4, -0.2) is 11.0 Å². The molecule has 104 valence electrons. The lowest BCUT2D eigenvalue weighted by Gasteiger charge is -2.11. The van der Waals surface area contributed by atoms with Gasteiger partial charge in [0.2, 0.25) is 0 Å². The summed E-state index contributed by atoms with van der Waals surface area (Å²) < 4.78 is 0. The average molecular weight is 278 g/mol. The fourth-order valence-electron chi connectivity index (χ4n) is 2.25. The SMILES string of the molecule is Nc1ccc(NC(=O)c2ccccc2)c2cc(O)ccc12. The Bertz CT molecular complexity index is 814. The van der Waals surface area contributed by atoms with Gasteiger partial charge in [-0.1, -0.05) is 18.2 Å². The zero-order valence-electron chi connectivity index (χ0n) is 11.2. The highest BCUT2D eigenvalue weighted by Crippen LogP contribution is 2.31. The Kier molecular flexibility index (Phi) is 3.20. The number of anilines is 2. The average Bonchev–Trinajstić information content (AvgIpc) is 2.51. The quantitative estimate of drug-likeness (QED) is 0.629. The molecular weight excluding hydrogens is 264 g/mol. The van der Waals surface area contributed by atoms with Gasteiger partial charge >= 0.3 is 0 Å². The topological polar surface area (TPSA) is 75.3 Å². The third kappa shape index (κ3) is 2.51. The van der Waals surface area contributed by atoms with E-state index in [0.29, 0.717) is 22.3 Å². The van der Waals surface area contributed by atoms with Crippen molar-refractivity contribution in [1.29, 1.82) is 0 Å². The Morgan fingerprint density at radius 2 is 1.71 bits per heavy atom. The zero-order valence-corrected chi connectivity index (χ0v) is 11.2. The molecule has 0 atom stereocenters. The molecule has 0 radical (unpaired) electrons. The third-order valence-corrected chi connectivity index (χ3v) is 3.32. The second kappa shape index (κ2) is 5.17. The summed E-state index contributed by atoms with van der Waals surface area (Å²) in [4.78, 5) is 12.2. The van der Waals surface area contributed by atoms with E-state index < -0.39 is 0 Å². The molecule has 4 N–H and O–H groups in total. The Labute approximate surface area is 121 Å². The van der Waals surface area contributed by atoms with Crippen molar-refractivity contribution in [3.8, 4) is 5.75 Å². The Hall–Kier alpha value is -3.01. The van der Waals surface area contributed by atoms with Crippen LogP contribution >= 0.6 is 0 Å². The number of fused-ring (bicyclic) bond motifs is 1. The smallest absolute Gasteiger partial charge is 0.255 e. The second-order valence-corrected chi connectivity index (χ2v) is 4.75. The van der Waals surface area contributed by atoms with E-state index in [-0.39, 0.29) is 11.7 Å². The van der Waals surface area contributed by atoms with Crippen LogP contribution in [0.2, 0.25) is 0 Å². The van der Waals surface area contributed by atoms with Crippen molar-refractivity contribution in [2.75, 3.05) is 11.1 Å². The molecule has 0 bridgehead atoms. The maximum absolute atomic E-state index is 12.2. The van der Waals surface area contributed by atoms with Crippen molar-refractivity contribution in [3.63, 3.8) is 0 Å². The molecule has 4 nitrogen and oxygen atoms in total. The first-order valence-corrected chi connectivity index (χ1v) is 6.53. The molecule has 0 aromatic heterocycles. The van der Waals surface area contributed by atoms with Crippen LogP contribution in [-0.2, 0) is 0 Å². The van der Waals surface area contributed by atoms with Crippen LogP contribution in [0.5, 0.6) is 5.75 Å². The van der Waals surface area contributed by atoms with Gasteiger partial charge < -0.3 is 16.2 Å². The second-order valence-electron chi connectivity index (χ2n) is 4.75. The molecule has 0 unspecified atom stereocenters. The number of nitrogens with two attached hydrogens (primary N) is 1. The predicted molar refractivity (Wildman–Crippen MR) is 84.4 cm³/mol.